The van der Waals surface area contributed by atoms with Crippen LogP contribution >= 0.6 is 11.3 Å². The van der Waals surface area contributed by atoms with Gasteiger partial charge < -0.3 is 10.1 Å². The van der Waals surface area contributed by atoms with Gasteiger partial charge in [0, 0.05) is 28.3 Å². The first-order valence-electron chi connectivity index (χ1n) is 10.8. The Bertz CT molecular complexity index is 1430. The van der Waals surface area contributed by atoms with Crippen molar-refractivity contribution in [1.82, 2.24) is 4.98 Å². The molecule has 0 saturated carbocycles. The molecule has 1 aromatic heterocycles. The molecule has 35 heavy (non-hydrogen) atoms. The third kappa shape index (κ3) is 5.43. The first kappa shape index (κ1) is 24.6. The van der Waals surface area contributed by atoms with Gasteiger partial charge in [0.05, 0.1) is 23.5 Å². The van der Waals surface area contributed by atoms with Crippen LogP contribution in [0.1, 0.15) is 26.5 Å². The van der Waals surface area contributed by atoms with Gasteiger partial charge in [0.25, 0.3) is 10.8 Å². The summed E-state index contributed by atoms with van der Waals surface area (Å²) < 4.78 is 32.5. The Balaban J connectivity index is 1.62. The maximum atomic E-state index is 13.4. The highest BCUT2D eigenvalue weighted by molar-refractivity contribution is 7.99. The molecule has 1 amide bonds. The Morgan fingerprint density at radius 2 is 1.74 bits per heavy atom. The lowest BCUT2D eigenvalue weighted by molar-refractivity contribution is 0.102. The zero-order valence-corrected chi connectivity index (χ0v) is 21.4. The minimum Gasteiger partial charge on any atom is -0.491 e. The molecule has 7 nitrogen and oxygen atoms in total. The van der Waals surface area contributed by atoms with E-state index < -0.39 is 10.4 Å². The highest BCUT2D eigenvalue weighted by Gasteiger charge is 2.35. The van der Waals surface area contributed by atoms with E-state index in [9.17, 15) is 13.6 Å². The van der Waals surface area contributed by atoms with Crippen molar-refractivity contribution >= 4 is 39.0 Å². The number of carbonyl (C=O) groups excluding carboxylic acids is 1. The first-order valence-corrected chi connectivity index (χ1v) is 13.2. The van der Waals surface area contributed by atoms with Gasteiger partial charge in [-0.15, -0.1) is 11.3 Å². The number of thiazole rings is 1. The minimum atomic E-state index is -3.75. The van der Waals surface area contributed by atoms with Gasteiger partial charge in [0.15, 0.2) is 5.75 Å². The Morgan fingerprint density at radius 1 is 1.03 bits per heavy atom. The number of carbonyl (C=O) groups is 1. The molecular formula is C26H26N3O4S2+. The predicted molar refractivity (Wildman–Crippen MR) is 142 cm³/mol. The molecule has 0 spiro atoms. The van der Waals surface area contributed by atoms with Crippen molar-refractivity contribution in [2.75, 3.05) is 17.1 Å². The maximum Gasteiger partial charge on any atom is 0.350 e. The molecule has 180 valence electrons. The number of para-hydroxylation sites is 1. The third-order valence-electron chi connectivity index (χ3n) is 5.48. The highest BCUT2D eigenvalue weighted by Crippen LogP contribution is 2.33. The summed E-state index contributed by atoms with van der Waals surface area (Å²) in [5, 5.41) is 5.71. The molecule has 1 unspecified atom stereocenters. The second-order valence-corrected chi connectivity index (χ2v) is 10.8. The second-order valence-electron chi connectivity index (χ2n) is 8.05. The maximum absolute atomic E-state index is 13.4. The van der Waals surface area contributed by atoms with Crippen LogP contribution in [0.3, 0.4) is 0 Å². The Morgan fingerprint density at radius 3 is 2.40 bits per heavy atom. The van der Waals surface area contributed by atoms with E-state index in [0.29, 0.717) is 16.9 Å². The minimum absolute atomic E-state index is 0.0344. The largest absolute Gasteiger partial charge is 0.491 e. The molecule has 0 aliphatic heterocycles. The zero-order chi connectivity index (χ0) is 25.2. The van der Waals surface area contributed by atoms with Gasteiger partial charge in [-0.05, 0) is 60.4 Å². The molecule has 0 bridgehead atoms. The van der Waals surface area contributed by atoms with Crippen LogP contribution in [-0.4, -0.2) is 22.6 Å². The van der Waals surface area contributed by atoms with E-state index in [-0.39, 0.29) is 16.6 Å². The van der Waals surface area contributed by atoms with Crippen LogP contribution in [0.15, 0.2) is 70.9 Å². The van der Waals surface area contributed by atoms with Gasteiger partial charge in [-0.2, -0.15) is 9.27 Å². The smallest absolute Gasteiger partial charge is 0.350 e. The van der Waals surface area contributed by atoms with Gasteiger partial charge >= 0.3 is 10.4 Å². The quantitative estimate of drug-likeness (QED) is 0.252. The van der Waals surface area contributed by atoms with Crippen molar-refractivity contribution in [1.29, 1.82) is 0 Å². The van der Waals surface area contributed by atoms with Crippen LogP contribution in [0.2, 0.25) is 0 Å². The summed E-state index contributed by atoms with van der Waals surface area (Å²) in [6.45, 7) is 5.65. The number of ether oxygens (including phenoxy) is 1. The third-order valence-corrected chi connectivity index (χ3v) is 7.65. The number of benzene rings is 3. The van der Waals surface area contributed by atoms with Crippen molar-refractivity contribution in [3.8, 4) is 17.0 Å². The number of hydrogen-bond acceptors (Lipinski definition) is 5. The van der Waals surface area contributed by atoms with E-state index in [1.54, 1.807) is 41.7 Å². The standard InChI is InChI=1S/C26H25N3O4S2/c1-16-7-5-8-17(2)25(16)29-35(31,32)24-14-21(11-12-23(24)33-4)28-26(30)20-10-6-9-19(13-20)22-15-34-18(3)27-22/h5-15H,1-4H3,(H2-,28,29,30,31,32)/p+1. The summed E-state index contributed by atoms with van der Waals surface area (Å²) >= 11 is 1.55. The van der Waals surface area contributed by atoms with Crippen LogP contribution in [0.5, 0.6) is 5.75 Å². The molecule has 1 atom stereocenters. The van der Waals surface area contributed by atoms with Gasteiger partial charge in [0.2, 0.25) is 0 Å². The molecular weight excluding hydrogens is 482 g/mol. The molecule has 0 radical (unpaired) electrons. The Kier molecular flexibility index (Phi) is 7.02. The van der Waals surface area contributed by atoms with Crippen LogP contribution in [0.25, 0.3) is 11.3 Å². The van der Waals surface area contributed by atoms with Crippen LogP contribution in [-0.2, 0) is 14.6 Å². The molecule has 3 N–H and O–H groups in total. The van der Waals surface area contributed by atoms with E-state index in [2.05, 4.69) is 15.0 Å². The second kappa shape index (κ2) is 9.99. The molecule has 4 aromatic rings. The first-order chi connectivity index (χ1) is 16.7. The summed E-state index contributed by atoms with van der Waals surface area (Å²) in [7, 11) is -2.32. The fourth-order valence-electron chi connectivity index (χ4n) is 3.66. The number of methoxy groups -OCH3 is 1. The fourth-order valence-corrected chi connectivity index (χ4v) is 5.70. The van der Waals surface area contributed by atoms with Crippen molar-refractivity contribution in [2.24, 2.45) is 0 Å². The van der Waals surface area contributed by atoms with Crippen molar-refractivity contribution < 1.29 is 18.3 Å². The summed E-state index contributed by atoms with van der Waals surface area (Å²) in [6, 6.07) is 17.4. The molecule has 0 aliphatic carbocycles. The van der Waals surface area contributed by atoms with Crippen molar-refractivity contribution in [2.45, 2.75) is 25.7 Å². The number of nitrogens with one attached hydrogen (secondary N) is 2. The number of aromatic nitrogens is 1. The average Bonchev–Trinajstić information content (AvgIpc) is 3.28. The lowest BCUT2D eigenvalue weighted by Crippen LogP contribution is -2.23. The molecule has 1 heterocycles. The topological polar surface area (TPSA) is 101 Å². The van der Waals surface area contributed by atoms with Gasteiger partial charge in [-0.25, -0.2) is 4.98 Å². The van der Waals surface area contributed by atoms with Gasteiger partial charge in [0.1, 0.15) is 0 Å². The fraction of sp³-hybridized carbons (Fsp3) is 0.154. The Hall–Kier alpha value is -3.53. The van der Waals surface area contributed by atoms with Crippen LogP contribution in [0, 0.1) is 20.8 Å². The van der Waals surface area contributed by atoms with Gasteiger partial charge in [-0.1, -0.05) is 30.3 Å². The van der Waals surface area contributed by atoms with Crippen molar-refractivity contribution in [3.05, 3.63) is 87.7 Å². The summed E-state index contributed by atoms with van der Waals surface area (Å²) in [6.07, 6.45) is 0. The van der Waals surface area contributed by atoms with Gasteiger partial charge in [-0.3, -0.25) is 4.79 Å². The average molecular weight is 509 g/mol. The molecule has 4 rings (SSSR count). The number of aryl methyl sites for hydroxylation is 3. The molecule has 0 aliphatic rings. The molecule has 3 aromatic carbocycles. The number of hydrogen-bond donors (Lipinski definition) is 3. The predicted octanol–water partition coefficient (Wildman–Crippen LogP) is 6.35. The number of rotatable bonds is 7. The summed E-state index contributed by atoms with van der Waals surface area (Å²) in [5.41, 5.74) is 4.72. The molecule has 0 fully saturated rings. The molecule has 9 heteroatoms. The van der Waals surface area contributed by atoms with E-state index in [1.807, 2.05) is 50.4 Å². The monoisotopic (exact) mass is 508 g/mol. The SMILES string of the molecule is COc1ccc(NC(=O)c2cccc(-c3csc(C)n3)c2)cc1[S+](=O)(O)Nc1c(C)cccc1C. The van der Waals surface area contributed by atoms with E-state index in [1.165, 1.54) is 13.2 Å². The summed E-state index contributed by atoms with van der Waals surface area (Å²) in [5.74, 6) is -0.114. The number of amides is 1. The van der Waals surface area contributed by atoms with E-state index >= 15 is 0 Å². The highest BCUT2D eigenvalue weighted by atomic mass is 32.3. The van der Waals surface area contributed by atoms with Crippen molar-refractivity contribution in [3.63, 3.8) is 0 Å². The summed E-state index contributed by atoms with van der Waals surface area (Å²) in [4.78, 5) is 17.5. The lowest BCUT2D eigenvalue weighted by atomic mass is 10.1. The number of anilines is 2. The molecule has 0 saturated heterocycles. The normalized spacial score (nSPS) is 12.6. The zero-order valence-electron chi connectivity index (χ0n) is 19.8. The van der Waals surface area contributed by atoms with E-state index in [0.717, 1.165) is 27.4 Å². The van der Waals surface area contributed by atoms with E-state index in [4.69, 9.17) is 4.74 Å². The lowest BCUT2D eigenvalue weighted by Gasteiger charge is -2.14. The number of nitrogens with zero attached hydrogens (tertiary/aromatic N) is 1. The van der Waals surface area contributed by atoms with Crippen LogP contribution < -0.4 is 14.8 Å². The van der Waals surface area contributed by atoms with Crippen LogP contribution in [0.4, 0.5) is 11.4 Å². The Labute approximate surface area is 209 Å².